The first-order chi connectivity index (χ1) is 8.51. The predicted molar refractivity (Wildman–Crippen MR) is 78.5 cm³/mol. The standard InChI is InChI=1S/C15H24N2O/c1-6-8-15(11-10-13(2)3)17(5)16-14(4)9-7-12-18/h6,8,10-12H,7,9H2,1-5H3/b8-6-,15-11+,16-14-. The van der Waals surface area contributed by atoms with Crippen molar-refractivity contribution in [2.75, 3.05) is 7.05 Å². The molecule has 0 aliphatic carbocycles. The smallest absolute Gasteiger partial charge is 0.120 e. The van der Waals surface area contributed by atoms with Gasteiger partial charge in [-0.15, -0.1) is 0 Å². The lowest BCUT2D eigenvalue weighted by Crippen LogP contribution is -2.11. The maximum Gasteiger partial charge on any atom is 0.120 e. The summed E-state index contributed by atoms with van der Waals surface area (Å²) in [5.41, 5.74) is 3.22. The van der Waals surface area contributed by atoms with Crippen molar-refractivity contribution in [1.29, 1.82) is 0 Å². The highest BCUT2D eigenvalue weighted by atomic mass is 16.1. The third-order valence-corrected chi connectivity index (χ3v) is 2.24. The zero-order valence-electron chi connectivity index (χ0n) is 12.1. The van der Waals surface area contributed by atoms with Crippen LogP contribution in [0.25, 0.3) is 0 Å². The number of carbonyl (C=O) groups excluding carboxylic acids is 1. The van der Waals surface area contributed by atoms with Crippen molar-refractivity contribution in [2.24, 2.45) is 5.10 Å². The number of nitrogens with zero attached hydrogens (tertiary/aromatic N) is 2. The number of hydrogen-bond acceptors (Lipinski definition) is 3. The second kappa shape index (κ2) is 9.40. The number of carbonyl (C=O) groups is 1. The summed E-state index contributed by atoms with van der Waals surface area (Å²) in [5, 5.41) is 6.29. The van der Waals surface area contributed by atoms with Crippen LogP contribution in [0.15, 0.2) is 40.7 Å². The Morgan fingerprint density at radius 2 is 1.89 bits per heavy atom. The molecule has 0 bridgehead atoms. The molecule has 0 fully saturated rings. The van der Waals surface area contributed by atoms with Crippen LogP contribution in [0, 0.1) is 0 Å². The molecule has 0 rings (SSSR count). The molecule has 0 N–H and O–H groups in total. The summed E-state index contributed by atoms with van der Waals surface area (Å²) in [4.78, 5) is 10.3. The van der Waals surface area contributed by atoms with Gasteiger partial charge in [-0.1, -0.05) is 17.7 Å². The van der Waals surface area contributed by atoms with Crippen molar-refractivity contribution in [3.05, 3.63) is 35.6 Å². The van der Waals surface area contributed by atoms with Crippen molar-refractivity contribution in [2.45, 2.75) is 40.5 Å². The molecule has 0 atom stereocenters. The third-order valence-electron chi connectivity index (χ3n) is 2.24. The van der Waals surface area contributed by atoms with E-state index in [1.807, 2.05) is 44.1 Å². The first-order valence-electron chi connectivity index (χ1n) is 6.20. The van der Waals surface area contributed by atoms with Crippen LogP contribution in [-0.4, -0.2) is 24.1 Å². The van der Waals surface area contributed by atoms with Gasteiger partial charge in [0.2, 0.25) is 0 Å². The first kappa shape index (κ1) is 16.4. The quantitative estimate of drug-likeness (QED) is 0.298. The van der Waals surface area contributed by atoms with E-state index in [1.54, 1.807) is 0 Å². The van der Waals surface area contributed by atoms with Gasteiger partial charge in [-0.05, 0) is 46.3 Å². The van der Waals surface area contributed by atoms with Gasteiger partial charge < -0.3 is 4.79 Å². The molecule has 0 saturated carbocycles. The second-order valence-corrected chi connectivity index (χ2v) is 4.40. The fourth-order valence-corrected chi connectivity index (χ4v) is 1.33. The van der Waals surface area contributed by atoms with Crippen LogP contribution in [0.4, 0.5) is 0 Å². The van der Waals surface area contributed by atoms with Gasteiger partial charge in [0.15, 0.2) is 0 Å². The number of aldehydes is 1. The van der Waals surface area contributed by atoms with Crippen molar-refractivity contribution in [3.63, 3.8) is 0 Å². The van der Waals surface area contributed by atoms with Gasteiger partial charge in [-0.3, -0.25) is 5.01 Å². The minimum atomic E-state index is 0.528. The molecular formula is C15H24N2O. The van der Waals surface area contributed by atoms with Gasteiger partial charge in [0, 0.05) is 19.2 Å². The van der Waals surface area contributed by atoms with Gasteiger partial charge in [0.25, 0.3) is 0 Å². The Hall–Kier alpha value is -1.64. The SMILES string of the molecule is C/C=C\C(=C/C=C(C)C)N(C)/N=C(/C)CCC=O. The van der Waals surface area contributed by atoms with E-state index in [9.17, 15) is 4.79 Å². The molecule has 0 aromatic carbocycles. The lowest BCUT2D eigenvalue weighted by Gasteiger charge is -2.15. The fraction of sp³-hybridized carbons (Fsp3) is 0.467. The highest BCUT2D eigenvalue weighted by Gasteiger charge is 1.99. The molecule has 3 heteroatoms. The van der Waals surface area contributed by atoms with E-state index < -0.39 is 0 Å². The lowest BCUT2D eigenvalue weighted by molar-refractivity contribution is -0.107. The number of hydrazone groups is 1. The van der Waals surface area contributed by atoms with Crippen molar-refractivity contribution in [3.8, 4) is 0 Å². The summed E-state index contributed by atoms with van der Waals surface area (Å²) in [6, 6.07) is 0. The van der Waals surface area contributed by atoms with E-state index in [0.29, 0.717) is 12.8 Å². The number of hydrogen-bond donors (Lipinski definition) is 0. The molecule has 0 saturated heterocycles. The van der Waals surface area contributed by atoms with Crippen LogP contribution in [0.2, 0.25) is 0 Å². The summed E-state index contributed by atoms with van der Waals surface area (Å²) >= 11 is 0. The van der Waals surface area contributed by atoms with Gasteiger partial charge in [0.05, 0.1) is 5.70 Å². The van der Waals surface area contributed by atoms with Crippen LogP contribution in [0.5, 0.6) is 0 Å². The summed E-state index contributed by atoms with van der Waals surface area (Å²) in [5.74, 6) is 0. The minimum absolute atomic E-state index is 0.528. The zero-order chi connectivity index (χ0) is 14.0. The van der Waals surface area contributed by atoms with Gasteiger partial charge in [-0.2, -0.15) is 5.10 Å². The number of likely N-dealkylation sites (N-methyl/N-ethyl adjacent to an activating group) is 1. The summed E-state index contributed by atoms with van der Waals surface area (Å²) in [6.07, 6.45) is 10.2. The molecule has 0 aliphatic rings. The lowest BCUT2D eigenvalue weighted by atomic mass is 10.2. The van der Waals surface area contributed by atoms with Gasteiger partial charge in [-0.25, -0.2) is 0 Å². The average molecular weight is 248 g/mol. The Bertz CT molecular complexity index is 372. The van der Waals surface area contributed by atoms with Crippen LogP contribution in [0.1, 0.15) is 40.5 Å². The van der Waals surface area contributed by atoms with E-state index in [4.69, 9.17) is 0 Å². The maximum atomic E-state index is 10.3. The van der Waals surface area contributed by atoms with E-state index in [2.05, 4.69) is 25.0 Å². The van der Waals surface area contributed by atoms with E-state index in [-0.39, 0.29) is 0 Å². The Balaban J connectivity index is 4.87. The Kier molecular flexibility index (Phi) is 8.54. The molecular weight excluding hydrogens is 224 g/mol. The highest BCUT2D eigenvalue weighted by Crippen LogP contribution is 2.07. The van der Waals surface area contributed by atoms with Gasteiger partial charge in [0.1, 0.15) is 6.29 Å². The Labute approximate surface area is 111 Å². The highest BCUT2D eigenvalue weighted by molar-refractivity contribution is 5.83. The van der Waals surface area contributed by atoms with Crippen molar-refractivity contribution in [1.82, 2.24) is 5.01 Å². The topological polar surface area (TPSA) is 32.7 Å². The average Bonchev–Trinajstić information content (AvgIpc) is 2.31. The number of rotatable bonds is 7. The summed E-state index contributed by atoms with van der Waals surface area (Å²) in [6.45, 7) is 8.03. The van der Waals surface area contributed by atoms with E-state index >= 15 is 0 Å². The van der Waals surface area contributed by atoms with Gasteiger partial charge >= 0.3 is 0 Å². The molecule has 18 heavy (non-hydrogen) atoms. The van der Waals surface area contributed by atoms with E-state index in [0.717, 1.165) is 17.7 Å². The van der Waals surface area contributed by atoms with Crippen LogP contribution in [-0.2, 0) is 4.79 Å². The molecule has 0 aromatic heterocycles. The zero-order valence-corrected chi connectivity index (χ0v) is 12.1. The summed E-state index contributed by atoms with van der Waals surface area (Å²) in [7, 11) is 1.91. The predicted octanol–water partition coefficient (Wildman–Crippen LogP) is 3.70. The molecule has 0 aromatic rings. The van der Waals surface area contributed by atoms with Crippen molar-refractivity contribution >= 4 is 12.0 Å². The van der Waals surface area contributed by atoms with E-state index in [1.165, 1.54) is 5.57 Å². The van der Waals surface area contributed by atoms with Crippen molar-refractivity contribution < 1.29 is 4.79 Å². The molecule has 0 radical (unpaired) electrons. The minimum Gasteiger partial charge on any atom is -0.303 e. The molecule has 100 valence electrons. The third kappa shape index (κ3) is 7.60. The molecule has 3 nitrogen and oxygen atoms in total. The van der Waals surface area contributed by atoms with Crippen LogP contribution < -0.4 is 0 Å². The second-order valence-electron chi connectivity index (χ2n) is 4.40. The molecule has 0 amide bonds. The Morgan fingerprint density at radius 1 is 1.22 bits per heavy atom. The maximum absolute atomic E-state index is 10.3. The largest absolute Gasteiger partial charge is 0.303 e. The normalized spacial score (nSPS) is 12.7. The molecule has 0 aliphatic heterocycles. The molecule has 0 spiro atoms. The van der Waals surface area contributed by atoms with Crippen LogP contribution >= 0.6 is 0 Å². The summed E-state index contributed by atoms with van der Waals surface area (Å²) < 4.78 is 0. The number of allylic oxidation sites excluding steroid dienone is 5. The Morgan fingerprint density at radius 3 is 2.39 bits per heavy atom. The first-order valence-corrected chi connectivity index (χ1v) is 6.20. The van der Waals surface area contributed by atoms with Crippen LogP contribution in [0.3, 0.4) is 0 Å². The molecule has 0 unspecified atom stereocenters. The monoisotopic (exact) mass is 248 g/mol. The molecule has 0 heterocycles. The fourth-order valence-electron chi connectivity index (χ4n) is 1.33.